The number of aromatic amines is 2. The maximum absolute atomic E-state index is 12.7. The summed E-state index contributed by atoms with van der Waals surface area (Å²) in [6, 6.07) is 12.4. The van der Waals surface area contributed by atoms with Crippen molar-refractivity contribution in [3.05, 3.63) is 87.9 Å². The van der Waals surface area contributed by atoms with E-state index in [0.29, 0.717) is 18.6 Å². The lowest BCUT2D eigenvalue weighted by molar-refractivity contribution is 0.183. The van der Waals surface area contributed by atoms with Crippen LogP contribution in [0.2, 0.25) is 0 Å². The van der Waals surface area contributed by atoms with E-state index in [-0.39, 0.29) is 11.2 Å². The normalized spacial score (nSPS) is 14.3. The number of nitrogens with one attached hydrogen (secondary N) is 4. The average Bonchev–Trinajstić information content (AvgIpc) is 3.35. The first-order valence-electron chi connectivity index (χ1n) is 13.3. The van der Waals surface area contributed by atoms with E-state index in [1.54, 1.807) is 0 Å². The van der Waals surface area contributed by atoms with Crippen LogP contribution in [0, 0.1) is 19.3 Å². The van der Waals surface area contributed by atoms with Gasteiger partial charge in [0.05, 0.1) is 16.9 Å². The number of rotatable bonds is 8. The van der Waals surface area contributed by atoms with Gasteiger partial charge in [-0.25, -0.2) is 4.79 Å². The molecule has 2 aromatic heterocycles. The predicted molar refractivity (Wildman–Crippen MR) is 156 cm³/mol. The first kappa shape index (κ1) is 25.6. The molecule has 1 aliphatic heterocycles. The van der Waals surface area contributed by atoms with Crippen molar-refractivity contribution >= 4 is 33.2 Å². The highest BCUT2D eigenvalue weighted by molar-refractivity contribution is 5.87. The zero-order chi connectivity index (χ0) is 27.0. The van der Waals surface area contributed by atoms with Gasteiger partial charge >= 0.3 is 5.69 Å². The number of H-pyrrole nitrogens is 2. The third kappa shape index (κ3) is 4.91. The Hall–Kier alpha value is -4.04. The molecular formula is C30H37N7O. The Kier molecular flexibility index (Phi) is 6.99. The van der Waals surface area contributed by atoms with Gasteiger partial charge in [0.25, 0.3) is 0 Å². The Balaban J connectivity index is 1.26. The maximum Gasteiger partial charge on any atom is 0.327 e. The lowest BCUT2D eigenvalue weighted by Crippen LogP contribution is -2.44. The van der Waals surface area contributed by atoms with Gasteiger partial charge in [-0.05, 0) is 67.4 Å². The number of benzene rings is 2. The first-order chi connectivity index (χ1) is 18.2. The van der Waals surface area contributed by atoms with Crippen LogP contribution in [0.4, 0.5) is 0 Å². The summed E-state index contributed by atoms with van der Waals surface area (Å²) in [4.78, 5) is 23.9. The van der Waals surface area contributed by atoms with Gasteiger partial charge in [0, 0.05) is 61.3 Å². The highest BCUT2D eigenvalue weighted by atomic mass is 16.1. The summed E-state index contributed by atoms with van der Waals surface area (Å²) in [5.74, 6) is 0. The van der Waals surface area contributed by atoms with Gasteiger partial charge in [-0.1, -0.05) is 26.1 Å². The number of hydrogen-bond donors (Lipinski definition) is 4. The fourth-order valence-electron chi connectivity index (χ4n) is 5.16. The van der Waals surface area contributed by atoms with Gasteiger partial charge in [-0.3, -0.25) is 9.98 Å². The predicted octanol–water partition coefficient (Wildman–Crippen LogP) is 3.78. The van der Waals surface area contributed by atoms with Crippen LogP contribution in [0.25, 0.3) is 33.2 Å². The van der Waals surface area contributed by atoms with Crippen LogP contribution in [0.3, 0.4) is 0 Å². The van der Waals surface area contributed by atoms with E-state index >= 15 is 0 Å². The van der Waals surface area contributed by atoms with Crippen molar-refractivity contribution < 1.29 is 0 Å². The molecule has 4 N–H and O–H groups in total. The van der Waals surface area contributed by atoms with E-state index in [9.17, 15) is 4.79 Å². The average molecular weight is 512 g/mol. The van der Waals surface area contributed by atoms with E-state index in [0.717, 1.165) is 82.8 Å². The zero-order valence-electron chi connectivity index (χ0n) is 22.6. The number of fused-ring (bicyclic) bond motifs is 2. The molecule has 3 heterocycles. The molecule has 0 unspecified atom stereocenters. The van der Waals surface area contributed by atoms with Crippen molar-refractivity contribution in [3.8, 4) is 0 Å². The number of hydrogen-bond acceptors (Lipinski definition) is 5. The fourth-order valence-corrected chi connectivity index (χ4v) is 5.16. The maximum atomic E-state index is 12.7. The SMILES string of the molecule is C=C(NCCn1c(=O)[nH]c2cc(C)c(C)cc2c1=N)c1cc2cc(C(=C)N3CCN(CC)CC3)ccc2[nH]1. The highest BCUT2D eigenvalue weighted by Crippen LogP contribution is 2.25. The second-order valence-electron chi connectivity index (χ2n) is 10.2. The summed E-state index contributed by atoms with van der Waals surface area (Å²) in [7, 11) is 0. The standard InChI is InChI=1S/C30H37N7O/c1-6-35-11-13-36(14-12-35)22(5)23-7-8-26-24(17-23)18-27(33-26)21(4)32-9-10-37-29(31)25-15-19(2)20(3)16-28(25)34-30(37)38/h7-8,15-18,31-33H,4-6,9-14H2,1-3H3,(H,34,38). The quantitative estimate of drug-likeness (QED) is 0.290. The number of nitrogens with zero attached hydrogens (tertiary/aromatic N) is 3. The van der Waals surface area contributed by atoms with E-state index in [1.807, 2.05) is 26.0 Å². The summed E-state index contributed by atoms with van der Waals surface area (Å²) in [5.41, 5.74) is 7.69. The molecule has 8 heteroatoms. The lowest BCUT2D eigenvalue weighted by Gasteiger charge is -2.36. The van der Waals surface area contributed by atoms with Crippen LogP contribution in [0.15, 0.2) is 54.4 Å². The number of likely N-dealkylation sites (N-methyl/N-ethyl adjacent to an activating group) is 1. The molecule has 2 aromatic carbocycles. The molecule has 8 nitrogen and oxygen atoms in total. The highest BCUT2D eigenvalue weighted by Gasteiger charge is 2.18. The van der Waals surface area contributed by atoms with Gasteiger partial charge < -0.3 is 25.1 Å². The van der Waals surface area contributed by atoms with Gasteiger partial charge in [0.2, 0.25) is 0 Å². The summed E-state index contributed by atoms with van der Waals surface area (Å²) in [6.07, 6.45) is 0. The van der Waals surface area contributed by atoms with Crippen LogP contribution >= 0.6 is 0 Å². The van der Waals surface area contributed by atoms with E-state index < -0.39 is 0 Å². The van der Waals surface area contributed by atoms with Crippen LogP contribution in [0.5, 0.6) is 0 Å². The molecule has 1 fully saturated rings. The molecular weight excluding hydrogens is 474 g/mol. The van der Waals surface area contributed by atoms with Crippen molar-refractivity contribution in [2.45, 2.75) is 27.3 Å². The molecule has 38 heavy (non-hydrogen) atoms. The Morgan fingerprint density at radius 1 is 1.00 bits per heavy atom. The Bertz CT molecular complexity index is 1650. The molecule has 0 spiro atoms. The third-order valence-electron chi connectivity index (χ3n) is 7.80. The van der Waals surface area contributed by atoms with Crippen LogP contribution in [-0.2, 0) is 6.54 Å². The van der Waals surface area contributed by atoms with E-state index in [2.05, 4.69) is 69.4 Å². The molecule has 1 saturated heterocycles. The molecule has 4 aromatic rings. The molecule has 5 rings (SSSR count). The molecule has 0 saturated carbocycles. The van der Waals surface area contributed by atoms with Crippen molar-refractivity contribution in [1.82, 2.24) is 29.7 Å². The molecule has 1 aliphatic rings. The van der Waals surface area contributed by atoms with E-state index in [1.165, 1.54) is 4.57 Å². The first-order valence-corrected chi connectivity index (χ1v) is 13.3. The van der Waals surface area contributed by atoms with Crippen LogP contribution < -0.4 is 16.5 Å². The third-order valence-corrected chi connectivity index (χ3v) is 7.80. The second kappa shape index (κ2) is 10.4. The molecule has 0 amide bonds. The van der Waals surface area contributed by atoms with Gasteiger partial charge in [0.1, 0.15) is 5.49 Å². The summed E-state index contributed by atoms with van der Waals surface area (Å²) in [5, 5.41) is 13.8. The summed E-state index contributed by atoms with van der Waals surface area (Å²) >= 11 is 0. The second-order valence-corrected chi connectivity index (χ2v) is 10.2. The van der Waals surface area contributed by atoms with Crippen molar-refractivity contribution in [1.29, 1.82) is 5.41 Å². The largest absolute Gasteiger partial charge is 0.382 e. The Morgan fingerprint density at radius 2 is 1.74 bits per heavy atom. The smallest absolute Gasteiger partial charge is 0.327 e. The molecule has 198 valence electrons. The topological polar surface area (TPSA) is 95.9 Å². The van der Waals surface area contributed by atoms with Gasteiger partial charge in [-0.15, -0.1) is 0 Å². The lowest BCUT2D eigenvalue weighted by atomic mass is 10.1. The fraction of sp³-hybridized carbons (Fsp3) is 0.333. The van der Waals surface area contributed by atoms with Crippen molar-refractivity contribution in [2.75, 3.05) is 39.3 Å². The Morgan fingerprint density at radius 3 is 2.47 bits per heavy atom. The number of aromatic nitrogens is 3. The monoisotopic (exact) mass is 511 g/mol. The minimum atomic E-state index is -0.285. The van der Waals surface area contributed by atoms with Crippen LogP contribution in [-0.4, -0.2) is 63.6 Å². The van der Waals surface area contributed by atoms with Gasteiger partial charge in [-0.2, -0.15) is 0 Å². The summed E-state index contributed by atoms with van der Waals surface area (Å²) in [6.45, 7) is 20.9. The van der Waals surface area contributed by atoms with Gasteiger partial charge in [0.15, 0.2) is 0 Å². The summed E-state index contributed by atoms with van der Waals surface area (Å²) < 4.78 is 1.46. The molecule has 0 atom stereocenters. The molecule has 0 radical (unpaired) electrons. The minimum absolute atomic E-state index is 0.216. The van der Waals surface area contributed by atoms with Crippen LogP contribution in [0.1, 0.15) is 29.3 Å². The molecule has 0 aliphatic carbocycles. The Labute approximate surface area is 222 Å². The zero-order valence-corrected chi connectivity index (χ0v) is 22.6. The number of piperazine rings is 1. The minimum Gasteiger partial charge on any atom is -0.382 e. The number of aryl methyl sites for hydroxylation is 2. The van der Waals surface area contributed by atoms with Crippen molar-refractivity contribution in [3.63, 3.8) is 0 Å². The van der Waals surface area contributed by atoms with Crippen molar-refractivity contribution in [2.24, 2.45) is 0 Å². The molecule has 0 bridgehead atoms. The van der Waals surface area contributed by atoms with E-state index in [4.69, 9.17) is 5.41 Å².